The van der Waals surface area contributed by atoms with Gasteiger partial charge >= 0.3 is 0 Å². The predicted molar refractivity (Wildman–Crippen MR) is 122 cm³/mol. The minimum absolute atomic E-state index is 0.0371. The fraction of sp³-hybridized carbons (Fsp3) is 0.273. The Kier molecular flexibility index (Phi) is 4.65. The molecule has 1 spiro atoms. The highest BCUT2D eigenvalue weighted by Crippen LogP contribution is 2.43. The van der Waals surface area contributed by atoms with Crippen molar-refractivity contribution in [2.75, 3.05) is 18.1 Å². The number of nitrogens with two attached hydrogens (primary N) is 1. The summed E-state index contributed by atoms with van der Waals surface area (Å²) in [5.41, 5.74) is 8.58. The van der Waals surface area contributed by atoms with Crippen LogP contribution in [0.2, 0.25) is 0 Å². The summed E-state index contributed by atoms with van der Waals surface area (Å²) in [7, 11) is -2.21. The van der Waals surface area contributed by atoms with Crippen LogP contribution in [0.5, 0.6) is 0 Å². The molecule has 3 aromatic rings. The lowest BCUT2D eigenvalue weighted by Gasteiger charge is -2.40. The monoisotopic (exact) mass is 463 g/mol. The number of anilines is 1. The van der Waals surface area contributed by atoms with Crippen molar-refractivity contribution < 1.29 is 13.2 Å². The molecule has 1 amide bonds. The van der Waals surface area contributed by atoms with Gasteiger partial charge in [-0.15, -0.1) is 0 Å². The van der Waals surface area contributed by atoms with Crippen LogP contribution in [0.4, 0.5) is 5.69 Å². The maximum atomic E-state index is 12.9. The molecule has 0 saturated carbocycles. The first-order valence-corrected chi connectivity index (χ1v) is 12.0. The Labute approximate surface area is 190 Å². The van der Waals surface area contributed by atoms with E-state index < -0.39 is 21.5 Å². The van der Waals surface area contributed by atoms with Crippen LogP contribution in [-0.4, -0.2) is 47.0 Å². The average molecular weight is 464 g/mol. The predicted octanol–water partition coefficient (Wildman–Crippen LogP) is 1.58. The van der Waals surface area contributed by atoms with E-state index >= 15 is 0 Å². The topological polar surface area (TPSA) is 146 Å². The first kappa shape index (κ1) is 21.0. The van der Waals surface area contributed by atoms with Gasteiger partial charge in [-0.3, -0.25) is 4.79 Å². The number of aryl methyl sites for hydroxylation is 1. The van der Waals surface area contributed by atoms with E-state index in [-0.39, 0.29) is 17.4 Å². The number of aliphatic imine (C=N–C) groups is 1. The number of benzene rings is 1. The molecule has 10 nitrogen and oxygen atoms in total. The van der Waals surface area contributed by atoms with E-state index in [0.29, 0.717) is 23.2 Å². The van der Waals surface area contributed by atoms with Crippen molar-refractivity contribution in [3.05, 3.63) is 65.0 Å². The first-order chi connectivity index (χ1) is 15.7. The third-order valence-electron chi connectivity index (χ3n) is 6.22. The largest absolute Gasteiger partial charge is 0.369 e. The molecule has 0 saturated heterocycles. The molecule has 1 aromatic carbocycles. The molecule has 0 radical (unpaired) electrons. The Morgan fingerprint density at radius 2 is 2.09 bits per heavy atom. The van der Waals surface area contributed by atoms with Gasteiger partial charge in [0.25, 0.3) is 5.91 Å². The average Bonchev–Trinajstić information content (AvgIpc) is 3.21. The number of guanidine groups is 1. The summed E-state index contributed by atoms with van der Waals surface area (Å²) in [6.45, 7) is 0. The number of pyridine rings is 1. The van der Waals surface area contributed by atoms with Crippen molar-refractivity contribution in [3.63, 3.8) is 0 Å². The zero-order valence-electron chi connectivity index (χ0n) is 17.8. The van der Waals surface area contributed by atoms with Crippen molar-refractivity contribution in [2.24, 2.45) is 10.7 Å². The number of nitriles is 1. The Bertz CT molecular complexity index is 1490. The van der Waals surface area contributed by atoms with E-state index in [1.807, 2.05) is 12.1 Å². The van der Waals surface area contributed by atoms with E-state index in [9.17, 15) is 13.2 Å². The number of nitrogens with one attached hydrogen (secondary N) is 1. The Morgan fingerprint density at radius 3 is 2.85 bits per heavy atom. The van der Waals surface area contributed by atoms with Gasteiger partial charge in [-0.1, -0.05) is 6.07 Å². The molecule has 0 fully saturated rings. The first-order valence-electron chi connectivity index (χ1n) is 10.4. The van der Waals surface area contributed by atoms with Crippen molar-refractivity contribution in [1.82, 2.24) is 13.9 Å². The van der Waals surface area contributed by atoms with Crippen LogP contribution in [0.3, 0.4) is 0 Å². The van der Waals surface area contributed by atoms with E-state index in [0.717, 1.165) is 28.3 Å². The summed E-state index contributed by atoms with van der Waals surface area (Å²) < 4.78 is 27.9. The summed E-state index contributed by atoms with van der Waals surface area (Å²) in [5, 5.41) is 16.1. The second-order valence-electron chi connectivity index (χ2n) is 8.33. The number of hydrogen-bond donors (Lipinski definition) is 2. The Morgan fingerprint density at radius 1 is 1.27 bits per heavy atom. The number of rotatable bonds is 2. The summed E-state index contributed by atoms with van der Waals surface area (Å²) >= 11 is 0. The number of carbonyl (C=O) groups excluding carboxylic acids is 1. The van der Waals surface area contributed by atoms with Gasteiger partial charge in [0.1, 0.15) is 11.6 Å². The number of amides is 1. The van der Waals surface area contributed by atoms with E-state index in [1.165, 1.54) is 11.6 Å². The molecule has 3 N–H and O–H groups in total. The van der Waals surface area contributed by atoms with Gasteiger partial charge in [0, 0.05) is 18.9 Å². The molecule has 1 aliphatic carbocycles. The minimum atomic E-state index is -3.61. The second-order valence-corrected chi connectivity index (χ2v) is 10.3. The zero-order valence-corrected chi connectivity index (χ0v) is 18.6. The number of sulfonamides is 1. The van der Waals surface area contributed by atoms with Crippen molar-refractivity contribution >= 4 is 33.1 Å². The normalized spacial score (nSPS) is 21.3. The van der Waals surface area contributed by atoms with Crippen LogP contribution in [0.25, 0.3) is 5.52 Å². The molecule has 33 heavy (non-hydrogen) atoms. The lowest BCUT2D eigenvalue weighted by molar-refractivity contribution is 0.102. The lowest BCUT2D eigenvalue weighted by atomic mass is 9.77. The molecular weight excluding hydrogens is 442 g/mol. The van der Waals surface area contributed by atoms with Gasteiger partial charge in [0.15, 0.2) is 5.69 Å². The van der Waals surface area contributed by atoms with Crippen LogP contribution in [0, 0.1) is 11.3 Å². The molecule has 3 heterocycles. The lowest BCUT2D eigenvalue weighted by Crippen LogP contribution is -2.52. The van der Waals surface area contributed by atoms with Crippen molar-refractivity contribution in [1.29, 1.82) is 5.26 Å². The molecule has 2 aliphatic rings. The van der Waals surface area contributed by atoms with Gasteiger partial charge < -0.3 is 11.1 Å². The number of hydrogen-bond acceptors (Lipinski definition) is 7. The van der Waals surface area contributed by atoms with Gasteiger partial charge in [0.05, 0.1) is 16.8 Å². The molecule has 2 aromatic heterocycles. The van der Waals surface area contributed by atoms with Crippen molar-refractivity contribution in [2.45, 2.75) is 24.8 Å². The summed E-state index contributed by atoms with van der Waals surface area (Å²) in [6.07, 6.45) is 3.70. The molecule has 0 unspecified atom stereocenters. The van der Waals surface area contributed by atoms with Gasteiger partial charge in [-0.05, 0) is 60.7 Å². The molecular formula is C22H21N7O3S. The maximum Gasteiger partial charge on any atom is 0.276 e. The quantitative estimate of drug-likeness (QED) is 0.590. The highest BCUT2D eigenvalue weighted by atomic mass is 32.2. The molecule has 1 aliphatic heterocycles. The summed E-state index contributed by atoms with van der Waals surface area (Å²) in [6, 6.07) is 12.5. The van der Waals surface area contributed by atoms with E-state index in [4.69, 9.17) is 11.0 Å². The minimum Gasteiger partial charge on any atom is -0.369 e. The van der Waals surface area contributed by atoms with Gasteiger partial charge in [-0.25, -0.2) is 22.2 Å². The SMILES string of the molecule is CN1C(N)=N[C@@]2(CCCc3ccc(NC(=O)c4cc5ccc(C#N)cn5n4)cc32)CS1(=O)=O. The van der Waals surface area contributed by atoms with E-state index in [1.54, 1.807) is 36.5 Å². The number of aromatic nitrogens is 2. The highest BCUT2D eigenvalue weighted by molar-refractivity contribution is 7.89. The number of nitrogens with zero attached hydrogens (tertiary/aromatic N) is 5. The Balaban J connectivity index is 1.49. The second kappa shape index (κ2) is 7.31. The molecule has 11 heteroatoms. The Hall–Kier alpha value is -3.91. The third-order valence-corrected chi connectivity index (χ3v) is 8.08. The van der Waals surface area contributed by atoms with E-state index in [2.05, 4.69) is 15.4 Å². The standard InChI is InChI=1S/C22H21N7O3S/c1-28-21(24)26-22(13-33(28,31)32)8-2-3-15-5-6-16(9-18(15)22)25-20(30)19-10-17-7-4-14(11-23)12-29(17)27-19/h4-7,9-10,12H,2-3,8,13H2,1H3,(H2,24,26)(H,25,30)/t22-/m0/s1. The molecule has 1 atom stereocenters. The molecule has 0 bridgehead atoms. The number of fused-ring (bicyclic) bond motifs is 3. The van der Waals surface area contributed by atoms with Gasteiger partial charge in [0.2, 0.25) is 16.0 Å². The van der Waals surface area contributed by atoms with Crippen LogP contribution in [-0.2, 0) is 22.0 Å². The zero-order chi connectivity index (χ0) is 23.4. The molecule has 5 rings (SSSR count). The fourth-order valence-corrected chi connectivity index (χ4v) is 5.99. The third kappa shape index (κ3) is 3.48. The van der Waals surface area contributed by atoms with Gasteiger partial charge in [-0.2, -0.15) is 10.4 Å². The molecule has 168 valence electrons. The summed E-state index contributed by atoms with van der Waals surface area (Å²) in [5.74, 6) is -0.624. The fourth-order valence-electron chi connectivity index (χ4n) is 4.50. The smallest absolute Gasteiger partial charge is 0.276 e. The van der Waals surface area contributed by atoms with Crippen molar-refractivity contribution in [3.8, 4) is 6.07 Å². The van der Waals surface area contributed by atoms with Crippen LogP contribution in [0.1, 0.15) is 40.0 Å². The summed E-state index contributed by atoms with van der Waals surface area (Å²) in [4.78, 5) is 17.5. The maximum absolute atomic E-state index is 12.9. The van der Waals surface area contributed by atoms with Crippen LogP contribution < -0.4 is 11.1 Å². The van der Waals surface area contributed by atoms with Crippen LogP contribution in [0.15, 0.2) is 47.6 Å². The highest BCUT2D eigenvalue weighted by Gasteiger charge is 2.46. The number of carbonyl (C=O) groups is 1. The van der Waals surface area contributed by atoms with Crippen LogP contribution >= 0.6 is 0 Å².